The molecule has 4 nitrogen and oxygen atoms in total. The van der Waals surface area contributed by atoms with Crippen LogP contribution in [0.4, 0.5) is 0 Å². The van der Waals surface area contributed by atoms with Crippen LogP contribution >= 0.6 is 23.2 Å². The number of benzene rings is 1. The average molecular weight is 284 g/mol. The fraction of sp³-hybridized carbons (Fsp3) is 0. The van der Waals surface area contributed by atoms with Gasteiger partial charge in [-0.25, -0.2) is 4.79 Å². The van der Waals surface area contributed by atoms with Crippen LogP contribution in [0.25, 0.3) is 0 Å². The summed E-state index contributed by atoms with van der Waals surface area (Å²) in [6.45, 7) is 0. The summed E-state index contributed by atoms with van der Waals surface area (Å²) < 4.78 is 5.42. The molecule has 92 valence electrons. The second kappa shape index (κ2) is 5.25. The highest BCUT2D eigenvalue weighted by atomic mass is 35.5. The first-order chi connectivity index (χ1) is 8.58. The first-order valence-electron chi connectivity index (χ1n) is 4.88. The Morgan fingerprint density at radius 1 is 1.22 bits per heavy atom. The van der Waals surface area contributed by atoms with Crippen LogP contribution in [0.5, 0.6) is 11.5 Å². The molecule has 0 spiro atoms. The third-order valence-corrected chi connectivity index (χ3v) is 2.68. The molecule has 0 aliphatic carbocycles. The van der Waals surface area contributed by atoms with Crippen molar-refractivity contribution in [3.63, 3.8) is 0 Å². The van der Waals surface area contributed by atoms with E-state index in [-0.39, 0.29) is 17.1 Å². The zero-order chi connectivity index (χ0) is 13.1. The Labute approximate surface area is 113 Å². The van der Waals surface area contributed by atoms with Crippen LogP contribution < -0.4 is 4.74 Å². The number of aromatic nitrogens is 1. The first-order valence-corrected chi connectivity index (χ1v) is 5.63. The summed E-state index contributed by atoms with van der Waals surface area (Å²) in [5.41, 5.74) is 0.000965. The summed E-state index contributed by atoms with van der Waals surface area (Å²) >= 11 is 11.7. The molecule has 0 aliphatic rings. The maximum Gasteiger partial charge on any atom is 0.339 e. The van der Waals surface area contributed by atoms with Gasteiger partial charge in [-0.2, -0.15) is 0 Å². The van der Waals surface area contributed by atoms with Crippen molar-refractivity contribution in [3.05, 3.63) is 52.3 Å². The number of hydrogen-bond acceptors (Lipinski definition) is 3. The van der Waals surface area contributed by atoms with Crippen LogP contribution in [-0.2, 0) is 0 Å². The number of ether oxygens (including phenoxy) is 1. The number of rotatable bonds is 3. The molecule has 1 aromatic carbocycles. The molecular weight excluding hydrogens is 277 g/mol. The van der Waals surface area contributed by atoms with Crippen LogP contribution in [0, 0.1) is 0 Å². The van der Waals surface area contributed by atoms with Gasteiger partial charge in [-0.3, -0.25) is 4.98 Å². The third-order valence-electron chi connectivity index (χ3n) is 2.13. The molecule has 2 rings (SSSR count). The summed E-state index contributed by atoms with van der Waals surface area (Å²) in [4.78, 5) is 14.8. The Morgan fingerprint density at radius 3 is 2.72 bits per heavy atom. The van der Waals surface area contributed by atoms with E-state index in [4.69, 9.17) is 33.0 Å². The number of carboxylic acid groups (broad SMARTS) is 1. The molecule has 0 radical (unpaired) electrons. The number of carbonyl (C=O) groups is 1. The van der Waals surface area contributed by atoms with Crippen molar-refractivity contribution in [2.75, 3.05) is 0 Å². The van der Waals surface area contributed by atoms with Crippen molar-refractivity contribution >= 4 is 29.2 Å². The fourth-order valence-corrected chi connectivity index (χ4v) is 1.63. The predicted octanol–water partition coefficient (Wildman–Crippen LogP) is 3.88. The Bertz CT molecular complexity index is 602. The fourth-order valence-electron chi connectivity index (χ4n) is 1.31. The quantitative estimate of drug-likeness (QED) is 0.929. The maximum absolute atomic E-state index is 11.0. The summed E-state index contributed by atoms with van der Waals surface area (Å²) in [5, 5.41) is 9.77. The van der Waals surface area contributed by atoms with Gasteiger partial charge in [-0.1, -0.05) is 23.2 Å². The molecule has 0 aliphatic heterocycles. The van der Waals surface area contributed by atoms with Gasteiger partial charge in [0, 0.05) is 17.3 Å². The minimum absolute atomic E-state index is 0.000965. The second-order valence-corrected chi connectivity index (χ2v) is 4.20. The van der Waals surface area contributed by atoms with Crippen molar-refractivity contribution in [3.8, 4) is 11.5 Å². The lowest BCUT2D eigenvalue weighted by Gasteiger charge is -2.09. The minimum Gasteiger partial charge on any atom is -0.478 e. The van der Waals surface area contributed by atoms with Gasteiger partial charge in [0.05, 0.1) is 11.2 Å². The largest absolute Gasteiger partial charge is 0.478 e. The Kier molecular flexibility index (Phi) is 3.69. The number of halogens is 2. The van der Waals surface area contributed by atoms with E-state index < -0.39 is 5.97 Å². The lowest BCUT2D eigenvalue weighted by molar-refractivity contribution is 0.0694. The zero-order valence-corrected chi connectivity index (χ0v) is 10.4. The van der Waals surface area contributed by atoms with Gasteiger partial charge in [0.25, 0.3) is 0 Å². The SMILES string of the molecule is O=C(O)c1ccncc1Oc1cc(Cl)ccc1Cl. The van der Waals surface area contributed by atoms with Crippen LogP contribution in [0.3, 0.4) is 0 Å². The van der Waals surface area contributed by atoms with E-state index in [9.17, 15) is 4.79 Å². The summed E-state index contributed by atoms with van der Waals surface area (Å²) in [5.74, 6) is -0.723. The number of carboxylic acids is 1. The molecule has 0 saturated carbocycles. The molecule has 0 bridgehead atoms. The average Bonchev–Trinajstić information content (AvgIpc) is 2.34. The van der Waals surface area contributed by atoms with E-state index in [0.717, 1.165) is 0 Å². The molecule has 6 heteroatoms. The Morgan fingerprint density at radius 2 is 2.00 bits per heavy atom. The molecule has 1 heterocycles. The van der Waals surface area contributed by atoms with Crippen molar-refractivity contribution in [1.82, 2.24) is 4.98 Å². The summed E-state index contributed by atoms with van der Waals surface area (Å²) in [6.07, 6.45) is 2.68. The van der Waals surface area contributed by atoms with E-state index in [2.05, 4.69) is 4.98 Å². The van der Waals surface area contributed by atoms with Crippen LogP contribution in [0.1, 0.15) is 10.4 Å². The molecule has 1 aromatic heterocycles. The summed E-state index contributed by atoms with van der Waals surface area (Å²) in [6, 6.07) is 6.02. The van der Waals surface area contributed by atoms with Crippen molar-refractivity contribution < 1.29 is 14.6 Å². The first kappa shape index (κ1) is 12.7. The third kappa shape index (κ3) is 2.72. The summed E-state index contributed by atoms with van der Waals surface area (Å²) in [7, 11) is 0. The van der Waals surface area contributed by atoms with Crippen molar-refractivity contribution in [2.24, 2.45) is 0 Å². The number of nitrogens with zero attached hydrogens (tertiary/aromatic N) is 1. The topological polar surface area (TPSA) is 59.4 Å². The van der Waals surface area contributed by atoms with E-state index in [1.807, 2.05) is 0 Å². The van der Waals surface area contributed by atoms with E-state index in [1.54, 1.807) is 12.1 Å². The minimum atomic E-state index is -1.11. The molecule has 0 saturated heterocycles. The van der Waals surface area contributed by atoms with Gasteiger partial charge < -0.3 is 9.84 Å². The van der Waals surface area contributed by atoms with Gasteiger partial charge in [-0.05, 0) is 18.2 Å². The Hall–Kier alpha value is -1.78. The smallest absolute Gasteiger partial charge is 0.339 e. The molecular formula is C12H7Cl2NO3. The molecule has 0 fully saturated rings. The standard InChI is InChI=1S/C12H7Cl2NO3/c13-7-1-2-9(14)10(5-7)18-11-6-15-4-3-8(11)12(16)17/h1-6H,(H,16,17). The van der Waals surface area contributed by atoms with Gasteiger partial charge >= 0.3 is 5.97 Å². The highest BCUT2D eigenvalue weighted by molar-refractivity contribution is 6.34. The van der Waals surface area contributed by atoms with Crippen molar-refractivity contribution in [2.45, 2.75) is 0 Å². The van der Waals surface area contributed by atoms with Gasteiger partial charge in [0.2, 0.25) is 0 Å². The van der Waals surface area contributed by atoms with Gasteiger partial charge in [0.1, 0.15) is 11.3 Å². The van der Waals surface area contributed by atoms with E-state index in [0.29, 0.717) is 10.0 Å². The molecule has 2 aromatic rings. The molecule has 18 heavy (non-hydrogen) atoms. The lowest BCUT2D eigenvalue weighted by atomic mass is 10.2. The normalized spacial score (nSPS) is 10.1. The van der Waals surface area contributed by atoms with Gasteiger partial charge in [-0.15, -0.1) is 0 Å². The highest BCUT2D eigenvalue weighted by Crippen LogP contribution is 2.32. The van der Waals surface area contributed by atoms with Crippen molar-refractivity contribution in [1.29, 1.82) is 0 Å². The zero-order valence-electron chi connectivity index (χ0n) is 8.93. The Balaban J connectivity index is 2.40. The lowest BCUT2D eigenvalue weighted by Crippen LogP contribution is -2.00. The monoisotopic (exact) mass is 283 g/mol. The number of aromatic carboxylic acids is 1. The van der Waals surface area contributed by atoms with E-state index in [1.165, 1.54) is 24.5 Å². The van der Waals surface area contributed by atoms with Gasteiger partial charge in [0.15, 0.2) is 5.75 Å². The van der Waals surface area contributed by atoms with Crippen LogP contribution in [-0.4, -0.2) is 16.1 Å². The molecule has 0 amide bonds. The van der Waals surface area contributed by atoms with Crippen LogP contribution in [0.15, 0.2) is 36.7 Å². The van der Waals surface area contributed by atoms with E-state index >= 15 is 0 Å². The molecule has 0 unspecified atom stereocenters. The maximum atomic E-state index is 11.0. The second-order valence-electron chi connectivity index (χ2n) is 3.35. The molecule has 0 atom stereocenters. The predicted molar refractivity (Wildman–Crippen MR) is 67.7 cm³/mol. The number of hydrogen-bond donors (Lipinski definition) is 1. The number of pyridine rings is 1. The molecule has 1 N–H and O–H groups in total. The van der Waals surface area contributed by atoms with Crippen LogP contribution in [0.2, 0.25) is 10.0 Å². The highest BCUT2D eigenvalue weighted by Gasteiger charge is 2.13.